The van der Waals surface area contributed by atoms with E-state index in [4.69, 9.17) is 17.3 Å². The highest BCUT2D eigenvalue weighted by Gasteiger charge is 2.18. The van der Waals surface area contributed by atoms with E-state index >= 15 is 0 Å². The van der Waals surface area contributed by atoms with Crippen molar-refractivity contribution in [3.8, 4) is 5.69 Å². The second-order valence-corrected chi connectivity index (χ2v) is 6.98. The van der Waals surface area contributed by atoms with E-state index in [0.29, 0.717) is 12.5 Å². The molecule has 1 fully saturated rings. The Balaban J connectivity index is 1.37. The third kappa shape index (κ3) is 4.09. The Morgan fingerprint density at radius 2 is 1.68 bits per heavy atom. The number of hydrogen-bond donors (Lipinski definition) is 1. The Labute approximate surface area is 169 Å². The number of rotatable bonds is 4. The van der Waals surface area contributed by atoms with Gasteiger partial charge in [-0.15, -0.1) is 0 Å². The van der Waals surface area contributed by atoms with Crippen LogP contribution in [0.2, 0.25) is 5.02 Å². The van der Waals surface area contributed by atoms with Crippen molar-refractivity contribution in [1.82, 2.24) is 19.7 Å². The lowest BCUT2D eigenvalue weighted by Crippen LogP contribution is -2.51. The van der Waals surface area contributed by atoms with Gasteiger partial charge in [0.1, 0.15) is 12.9 Å². The summed E-state index contributed by atoms with van der Waals surface area (Å²) < 4.78 is 1.79. The number of para-hydroxylation sites is 1. The monoisotopic (exact) mass is 395 g/mol. The van der Waals surface area contributed by atoms with Crippen LogP contribution in [-0.4, -0.2) is 51.8 Å². The molecule has 0 saturated carbocycles. The Morgan fingerprint density at radius 1 is 0.964 bits per heavy atom. The zero-order valence-electron chi connectivity index (χ0n) is 15.4. The molecule has 0 aliphatic carbocycles. The zero-order valence-corrected chi connectivity index (χ0v) is 16.2. The van der Waals surface area contributed by atoms with E-state index in [1.54, 1.807) is 11.0 Å². The zero-order chi connectivity index (χ0) is 19.3. The Bertz CT molecular complexity index is 929. The largest absolute Gasteiger partial charge is 0.370 e. The first-order valence-corrected chi connectivity index (χ1v) is 9.58. The van der Waals surface area contributed by atoms with Gasteiger partial charge in [-0.2, -0.15) is 5.10 Å². The molecule has 8 heteroatoms. The van der Waals surface area contributed by atoms with Gasteiger partial charge in [-0.1, -0.05) is 29.8 Å². The van der Waals surface area contributed by atoms with Crippen LogP contribution in [-0.2, 0) is 6.54 Å². The minimum absolute atomic E-state index is 0.387. The van der Waals surface area contributed by atoms with Gasteiger partial charge in [0.15, 0.2) is 11.8 Å². The van der Waals surface area contributed by atoms with Crippen LogP contribution >= 0.6 is 11.6 Å². The van der Waals surface area contributed by atoms with E-state index in [2.05, 4.69) is 24.9 Å². The van der Waals surface area contributed by atoms with E-state index in [1.165, 1.54) is 5.69 Å². The summed E-state index contributed by atoms with van der Waals surface area (Å²) in [5.74, 6) is 1.30. The standard InChI is InChI=1S/C20H22ClN7/c21-16-6-8-17(9-7-16)26-10-12-27(13-11-26)20(22)23-14-19-24-15-25-28(19)18-4-2-1-3-5-18/h1-9,15H,10-14H2,(H2,22,23). The van der Waals surface area contributed by atoms with E-state index in [0.717, 1.165) is 42.7 Å². The van der Waals surface area contributed by atoms with Gasteiger partial charge in [0, 0.05) is 36.9 Å². The maximum Gasteiger partial charge on any atom is 0.191 e. The first kappa shape index (κ1) is 18.3. The summed E-state index contributed by atoms with van der Waals surface area (Å²) >= 11 is 5.97. The molecule has 0 radical (unpaired) electrons. The molecular formula is C20H22ClN7. The van der Waals surface area contributed by atoms with Crippen LogP contribution in [0.25, 0.3) is 5.69 Å². The fraction of sp³-hybridized carbons (Fsp3) is 0.250. The molecular weight excluding hydrogens is 374 g/mol. The summed E-state index contributed by atoms with van der Waals surface area (Å²) in [6, 6.07) is 17.8. The van der Waals surface area contributed by atoms with Gasteiger partial charge in [-0.3, -0.25) is 0 Å². The highest BCUT2D eigenvalue weighted by molar-refractivity contribution is 6.30. The number of nitrogens with zero attached hydrogens (tertiary/aromatic N) is 6. The molecule has 3 aromatic rings. The average molecular weight is 396 g/mol. The number of halogens is 1. The maximum absolute atomic E-state index is 6.24. The van der Waals surface area contributed by atoms with Crippen molar-refractivity contribution in [2.45, 2.75) is 6.54 Å². The van der Waals surface area contributed by atoms with Gasteiger partial charge < -0.3 is 15.5 Å². The van der Waals surface area contributed by atoms with Crippen molar-refractivity contribution in [2.75, 3.05) is 31.1 Å². The van der Waals surface area contributed by atoms with Crippen LogP contribution in [0.5, 0.6) is 0 Å². The van der Waals surface area contributed by atoms with Gasteiger partial charge in [-0.25, -0.2) is 14.7 Å². The van der Waals surface area contributed by atoms with Crippen molar-refractivity contribution in [3.05, 3.63) is 71.8 Å². The summed E-state index contributed by atoms with van der Waals surface area (Å²) in [4.78, 5) is 13.3. The lowest BCUT2D eigenvalue weighted by molar-refractivity contribution is 0.380. The number of aromatic nitrogens is 3. The molecule has 0 bridgehead atoms. The third-order valence-electron chi connectivity index (χ3n) is 4.80. The second-order valence-electron chi connectivity index (χ2n) is 6.55. The van der Waals surface area contributed by atoms with Crippen LogP contribution in [0.15, 0.2) is 65.9 Å². The summed E-state index contributed by atoms with van der Waals surface area (Å²) in [6.07, 6.45) is 1.54. The molecule has 1 saturated heterocycles. The van der Waals surface area contributed by atoms with Crippen LogP contribution in [0.4, 0.5) is 5.69 Å². The highest BCUT2D eigenvalue weighted by atomic mass is 35.5. The van der Waals surface area contributed by atoms with E-state index in [9.17, 15) is 0 Å². The van der Waals surface area contributed by atoms with E-state index < -0.39 is 0 Å². The van der Waals surface area contributed by atoms with Crippen molar-refractivity contribution in [2.24, 2.45) is 10.7 Å². The maximum atomic E-state index is 6.24. The minimum atomic E-state index is 0.387. The fourth-order valence-corrected chi connectivity index (χ4v) is 3.38. The molecule has 0 spiro atoms. The van der Waals surface area contributed by atoms with Gasteiger partial charge >= 0.3 is 0 Å². The molecule has 2 aromatic carbocycles. The van der Waals surface area contributed by atoms with Gasteiger partial charge in [0.2, 0.25) is 0 Å². The van der Waals surface area contributed by atoms with Crippen LogP contribution in [0, 0.1) is 0 Å². The number of benzene rings is 2. The molecule has 1 aliphatic rings. The van der Waals surface area contributed by atoms with Crippen LogP contribution in [0.1, 0.15) is 5.82 Å². The molecule has 7 nitrogen and oxygen atoms in total. The van der Waals surface area contributed by atoms with E-state index in [-0.39, 0.29) is 0 Å². The third-order valence-corrected chi connectivity index (χ3v) is 5.05. The fourth-order valence-electron chi connectivity index (χ4n) is 3.26. The normalized spacial score (nSPS) is 15.1. The summed E-state index contributed by atoms with van der Waals surface area (Å²) in [5, 5.41) is 5.04. The number of hydrogen-bond acceptors (Lipinski definition) is 4. The molecule has 2 N–H and O–H groups in total. The van der Waals surface area contributed by atoms with Crippen LogP contribution < -0.4 is 10.6 Å². The predicted octanol–water partition coefficient (Wildman–Crippen LogP) is 2.56. The second kappa shape index (κ2) is 8.31. The summed E-state index contributed by atoms with van der Waals surface area (Å²) in [7, 11) is 0. The Morgan fingerprint density at radius 3 is 2.39 bits per heavy atom. The molecule has 2 heterocycles. The van der Waals surface area contributed by atoms with Gasteiger partial charge in [0.25, 0.3) is 0 Å². The summed E-state index contributed by atoms with van der Waals surface area (Å²) in [5.41, 5.74) is 8.38. The average Bonchev–Trinajstić information content (AvgIpc) is 3.22. The molecule has 0 atom stereocenters. The topological polar surface area (TPSA) is 75.6 Å². The molecule has 0 unspecified atom stereocenters. The Kier molecular flexibility index (Phi) is 5.43. The van der Waals surface area contributed by atoms with Crippen molar-refractivity contribution in [1.29, 1.82) is 0 Å². The van der Waals surface area contributed by atoms with Gasteiger partial charge in [0.05, 0.1) is 5.69 Å². The Hall–Kier alpha value is -3.06. The number of nitrogens with two attached hydrogens (primary N) is 1. The molecule has 28 heavy (non-hydrogen) atoms. The molecule has 1 aliphatic heterocycles. The quantitative estimate of drug-likeness (QED) is 0.542. The first-order chi connectivity index (χ1) is 13.7. The predicted molar refractivity (Wildman–Crippen MR) is 112 cm³/mol. The van der Waals surface area contributed by atoms with Gasteiger partial charge in [-0.05, 0) is 36.4 Å². The first-order valence-electron chi connectivity index (χ1n) is 9.20. The molecule has 0 amide bonds. The summed E-state index contributed by atoms with van der Waals surface area (Å²) in [6.45, 7) is 3.81. The lowest BCUT2D eigenvalue weighted by Gasteiger charge is -2.36. The number of anilines is 1. The SMILES string of the molecule is NC(=NCc1ncnn1-c1ccccc1)N1CCN(c2ccc(Cl)cc2)CC1. The van der Waals surface area contributed by atoms with Crippen molar-refractivity contribution in [3.63, 3.8) is 0 Å². The number of guanidine groups is 1. The highest BCUT2D eigenvalue weighted by Crippen LogP contribution is 2.19. The van der Waals surface area contributed by atoms with Crippen molar-refractivity contribution < 1.29 is 0 Å². The number of piperazine rings is 1. The smallest absolute Gasteiger partial charge is 0.191 e. The molecule has 144 valence electrons. The lowest BCUT2D eigenvalue weighted by atomic mass is 10.2. The minimum Gasteiger partial charge on any atom is -0.370 e. The van der Waals surface area contributed by atoms with Crippen LogP contribution in [0.3, 0.4) is 0 Å². The molecule has 4 rings (SSSR count). The number of aliphatic imine (C=N–C) groups is 1. The molecule has 1 aromatic heterocycles. The van der Waals surface area contributed by atoms with Crippen molar-refractivity contribution >= 4 is 23.2 Å². The van der Waals surface area contributed by atoms with E-state index in [1.807, 2.05) is 54.6 Å².